The lowest BCUT2D eigenvalue weighted by Crippen LogP contribution is -2.60. The molecule has 0 aromatic rings. The molecule has 0 aromatic carbocycles. The zero-order chi connectivity index (χ0) is 13.1. The van der Waals surface area contributed by atoms with Crippen molar-refractivity contribution >= 4 is 0 Å². The monoisotopic (exact) mass is 260 g/mol. The summed E-state index contributed by atoms with van der Waals surface area (Å²) in [6.07, 6.45) is 1.80. The summed E-state index contributed by atoms with van der Waals surface area (Å²) in [6.45, 7) is -0.339. The number of aliphatic hydroxyl groups is 4. The molecule has 0 bridgehead atoms. The smallest absolute Gasteiger partial charge is 0.111 e. The second kappa shape index (κ2) is 6.30. The van der Waals surface area contributed by atoms with E-state index in [-0.39, 0.29) is 12.5 Å². The fourth-order valence-corrected chi connectivity index (χ4v) is 3.16. The SMILES string of the molecule is OC[C@H]1O[C@H](C2CCCCCC2)[C@@H](O)[C@@H](O)[C@@H]1O. The zero-order valence-corrected chi connectivity index (χ0v) is 10.6. The summed E-state index contributed by atoms with van der Waals surface area (Å²) in [5.41, 5.74) is 0. The van der Waals surface area contributed by atoms with E-state index in [1.165, 1.54) is 12.8 Å². The van der Waals surface area contributed by atoms with Gasteiger partial charge in [-0.15, -0.1) is 0 Å². The van der Waals surface area contributed by atoms with E-state index in [0.717, 1.165) is 25.7 Å². The Morgan fingerprint density at radius 1 is 0.833 bits per heavy atom. The molecule has 1 saturated carbocycles. The molecule has 2 rings (SSSR count). The van der Waals surface area contributed by atoms with Crippen LogP contribution >= 0.6 is 0 Å². The number of rotatable bonds is 2. The average molecular weight is 260 g/mol. The molecule has 1 saturated heterocycles. The molecule has 0 unspecified atom stereocenters. The third-order valence-electron chi connectivity index (χ3n) is 4.29. The van der Waals surface area contributed by atoms with Crippen LogP contribution in [0.5, 0.6) is 0 Å². The van der Waals surface area contributed by atoms with Crippen molar-refractivity contribution in [3.63, 3.8) is 0 Å². The molecule has 1 aliphatic heterocycles. The van der Waals surface area contributed by atoms with Crippen LogP contribution in [0.4, 0.5) is 0 Å². The molecular formula is C13H24O5. The minimum Gasteiger partial charge on any atom is -0.394 e. The summed E-state index contributed by atoms with van der Waals surface area (Å²) >= 11 is 0. The highest BCUT2D eigenvalue weighted by atomic mass is 16.5. The Labute approximate surface area is 107 Å². The quantitative estimate of drug-likeness (QED) is 0.516. The first kappa shape index (κ1) is 14.2. The largest absolute Gasteiger partial charge is 0.394 e. The van der Waals surface area contributed by atoms with E-state index < -0.39 is 30.5 Å². The Morgan fingerprint density at radius 2 is 1.44 bits per heavy atom. The van der Waals surface area contributed by atoms with Gasteiger partial charge in [0, 0.05) is 0 Å². The van der Waals surface area contributed by atoms with Gasteiger partial charge in [-0.3, -0.25) is 0 Å². The van der Waals surface area contributed by atoms with E-state index in [9.17, 15) is 15.3 Å². The lowest BCUT2D eigenvalue weighted by atomic mass is 9.84. The second-order valence-corrected chi connectivity index (χ2v) is 5.55. The highest BCUT2D eigenvalue weighted by molar-refractivity contribution is 4.94. The van der Waals surface area contributed by atoms with Crippen LogP contribution in [0.3, 0.4) is 0 Å². The number of hydrogen-bond donors (Lipinski definition) is 4. The molecule has 0 aromatic heterocycles. The van der Waals surface area contributed by atoms with Gasteiger partial charge in [0.05, 0.1) is 12.7 Å². The Hall–Kier alpha value is -0.200. The lowest BCUT2D eigenvalue weighted by Gasteiger charge is -2.43. The Balaban J connectivity index is 2.05. The summed E-state index contributed by atoms with van der Waals surface area (Å²) in [6, 6.07) is 0. The van der Waals surface area contributed by atoms with Crippen LogP contribution in [0.2, 0.25) is 0 Å². The Kier molecular flexibility index (Phi) is 4.98. The predicted molar refractivity (Wildman–Crippen MR) is 65.0 cm³/mol. The van der Waals surface area contributed by atoms with Crippen LogP contribution < -0.4 is 0 Å². The first-order chi connectivity index (χ1) is 8.65. The van der Waals surface area contributed by atoms with Crippen molar-refractivity contribution in [2.45, 2.75) is 69.0 Å². The molecule has 5 nitrogen and oxygen atoms in total. The van der Waals surface area contributed by atoms with Crippen molar-refractivity contribution in [3.05, 3.63) is 0 Å². The minimum atomic E-state index is -1.23. The topological polar surface area (TPSA) is 90.2 Å². The highest BCUT2D eigenvalue weighted by Gasteiger charge is 2.45. The van der Waals surface area contributed by atoms with Crippen molar-refractivity contribution in [2.75, 3.05) is 6.61 Å². The first-order valence-electron chi connectivity index (χ1n) is 6.95. The maximum absolute atomic E-state index is 10.0. The summed E-state index contributed by atoms with van der Waals surface area (Å²) in [5, 5.41) is 38.7. The third kappa shape index (κ3) is 2.86. The number of hydrogen-bond acceptors (Lipinski definition) is 5. The third-order valence-corrected chi connectivity index (χ3v) is 4.29. The van der Waals surface area contributed by atoms with E-state index in [1.807, 2.05) is 0 Å². The molecule has 1 aliphatic carbocycles. The van der Waals surface area contributed by atoms with Gasteiger partial charge in [0.2, 0.25) is 0 Å². The fourth-order valence-electron chi connectivity index (χ4n) is 3.16. The molecule has 4 N–H and O–H groups in total. The van der Waals surface area contributed by atoms with E-state index in [4.69, 9.17) is 9.84 Å². The minimum absolute atomic E-state index is 0.207. The van der Waals surface area contributed by atoms with Gasteiger partial charge in [0.1, 0.15) is 24.4 Å². The van der Waals surface area contributed by atoms with Crippen molar-refractivity contribution in [3.8, 4) is 0 Å². The normalized spacial score (nSPS) is 43.7. The van der Waals surface area contributed by atoms with E-state index in [0.29, 0.717) is 0 Å². The molecule has 0 radical (unpaired) electrons. The maximum Gasteiger partial charge on any atom is 0.111 e. The molecule has 1 heterocycles. The maximum atomic E-state index is 10.0. The average Bonchev–Trinajstić information content (AvgIpc) is 2.65. The van der Waals surface area contributed by atoms with Crippen LogP contribution in [0.1, 0.15) is 38.5 Å². The van der Waals surface area contributed by atoms with Crippen molar-refractivity contribution in [2.24, 2.45) is 5.92 Å². The van der Waals surface area contributed by atoms with Crippen molar-refractivity contribution in [1.82, 2.24) is 0 Å². The molecular weight excluding hydrogens is 236 g/mol. The standard InChI is InChI=1S/C13H24O5/c14-7-9-10(15)11(16)12(17)13(18-9)8-5-3-1-2-4-6-8/h8-17H,1-7H2/t9-,10-,11+,12+,13-/m1/s1. The summed E-state index contributed by atoms with van der Waals surface area (Å²) in [7, 11) is 0. The fraction of sp³-hybridized carbons (Fsp3) is 1.00. The molecule has 5 atom stereocenters. The van der Waals surface area contributed by atoms with Crippen LogP contribution in [0, 0.1) is 5.92 Å². The Bertz CT molecular complexity index is 250. The predicted octanol–water partition coefficient (Wildman–Crippen LogP) is -0.201. The highest BCUT2D eigenvalue weighted by Crippen LogP contribution is 2.33. The van der Waals surface area contributed by atoms with Gasteiger partial charge in [-0.05, 0) is 18.8 Å². The van der Waals surface area contributed by atoms with Crippen molar-refractivity contribution in [1.29, 1.82) is 0 Å². The van der Waals surface area contributed by atoms with Crippen LogP contribution in [0.15, 0.2) is 0 Å². The van der Waals surface area contributed by atoms with Gasteiger partial charge in [0.25, 0.3) is 0 Å². The number of aliphatic hydroxyl groups excluding tert-OH is 4. The molecule has 0 spiro atoms. The zero-order valence-electron chi connectivity index (χ0n) is 10.6. The summed E-state index contributed by atoms with van der Waals surface area (Å²) < 4.78 is 5.62. The van der Waals surface area contributed by atoms with Gasteiger partial charge in [-0.25, -0.2) is 0 Å². The van der Waals surface area contributed by atoms with Gasteiger partial charge >= 0.3 is 0 Å². The van der Waals surface area contributed by atoms with Gasteiger partial charge in [0.15, 0.2) is 0 Å². The Morgan fingerprint density at radius 3 is 2.00 bits per heavy atom. The molecule has 106 valence electrons. The van der Waals surface area contributed by atoms with Gasteiger partial charge in [-0.2, -0.15) is 0 Å². The van der Waals surface area contributed by atoms with Crippen LogP contribution in [-0.4, -0.2) is 57.6 Å². The van der Waals surface area contributed by atoms with Crippen molar-refractivity contribution < 1.29 is 25.2 Å². The van der Waals surface area contributed by atoms with Gasteiger partial charge in [-0.1, -0.05) is 25.7 Å². The first-order valence-corrected chi connectivity index (χ1v) is 6.95. The van der Waals surface area contributed by atoms with E-state index >= 15 is 0 Å². The van der Waals surface area contributed by atoms with E-state index in [1.54, 1.807) is 0 Å². The van der Waals surface area contributed by atoms with Gasteiger partial charge < -0.3 is 25.2 Å². The summed E-state index contributed by atoms with van der Waals surface area (Å²) in [5.74, 6) is 0.207. The molecule has 2 fully saturated rings. The number of ether oxygens (including phenoxy) is 1. The molecule has 0 amide bonds. The lowest BCUT2D eigenvalue weighted by molar-refractivity contribution is -0.241. The van der Waals surface area contributed by atoms with E-state index in [2.05, 4.69) is 0 Å². The molecule has 18 heavy (non-hydrogen) atoms. The second-order valence-electron chi connectivity index (χ2n) is 5.55. The van der Waals surface area contributed by atoms with Crippen LogP contribution in [0.25, 0.3) is 0 Å². The van der Waals surface area contributed by atoms with Crippen LogP contribution in [-0.2, 0) is 4.74 Å². The molecule has 2 aliphatic rings. The summed E-state index contributed by atoms with van der Waals surface area (Å²) in [4.78, 5) is 0. The molecule has 5 heteroatoms.